The molecule has 2 aromatic carbocycles. The molecule has 0 saturated heterocycles. The zero-order valence-electron chi connectivity index (χ0n) is 13.8. The lowest BCUT2D eigenvalue weighted by atomic mass is 10.2. The van der Waals surface area contributed by atoms with Gasteiger partial charge >= 0.3 is 0 Å². The average Bonchev–Trinajstić information content (AvgIpc) is 2.64. The minimum atomic E-state index is -0.504. The first kappa shape index (κ1) is 17.7. The van der Waals surface area contributed by atoms with Gasteiger partial charge in [-0.1, -0.05) is 23.7 Å². The van der Waals surface area contributed by atoms with Crippen LogP contribution in [0.25, 0.3) is 0 Å². The number of nitrogens with one attached hydrogen (secondary N) is 2. The lowest BCUT2D eigenvalue weighted by molar-refractivity contribution is 0.102. The van der Waals surface area contributed by atoms with Crippen LogP contribution < -0.4 is 15.4 Å². The molecule has 1 aromatic heterocycles. The second kappa shape index (κ2) is 7.84. The van der Waals surface area contributed by atoms with Gasteiger partial charge in [0.25, 0.3) is 5.91 Å². The smallest absolute Gasteiger partial charge is 0.257 e. The summed E-state index contributed by atoms with van der Waals surface area (Å²) in [6, 6.07) is 12.8. The fourth-order valence-electron chi connectivity index (χ4n) is 2.30. The number of carbonyl (C=O) groups excluding carboxylic acids is 1. The van der Waals surface area contributed by atoms with E-state index in [1.807, 2.05) is 0 Å². The summed E-state index contributed by atoms with van der Waals surface area (Å²) in [4.78, 5) is 16.4. The van der Waals surface area contributed by atoms with Crippen molar-refractivity contribution in [3.63, 3.8) is 0 Å². The number of para-hydroxylation sites is 1. The summed E-state index contributed by atoms with van der Waals surface area (Å²) < 4.78 is 18.8. The van der Waals surface area contributed by atoms with Crippen molar-refractivity contribution in [3.8, 4) is 5.75 Å². The topological polar surface area (TPSA) is 63.2 Å². The number of halogens is 2. The highest BCUT2D eigenvalue weighted by Gasteiger charge is 2.10. The van der Waals surface area contributed by atoms with Gasteiger partial charge in [0.15, 0.2) is 0 Å². The SMILES string of the molecule is COc1ccc(Nc2cncc(C(=O)Nc3ccccc3F)c2)cc1Cl. The number of nitrogens with zero attached hydrogens (tertiary/aromatic N) is 1. The zero-order valence-corrected chi connectivity index (χ0v) is 14.5. The summed E-state index contributed by atoms with van der Waals surface area (Å²) in [5, 5.41) is 6.09. The molecule has 2 N–H and O–H groups in total. The standard InChI is InChI=1S/C19H15ClFN3O2/c1-26-18-7-6-13(9-15(18)20)23-14-8-12(10-22-11-14)19(25)24-17-5-3-2-4-16(17)21/h2-11,23H,1H3,(H,24,25). The molecule has 26 heavy (non-hydrogen) atoms. The Morgan fingerprint density at radius 3 is 2.65 bits per heavy atom. The van der Waals surface area contributed by atoms with Crippen molar-refractivity contribution >= 4 is 34.6 Å². The number of methoxy groups -OCH3 is 1. The number of aromatic nitrogens is 1. The van der Waals surface area contributed by atoms with Gasteiger partial charge in [-0.3, -0.25) is 9.78 Å². The van der Waals surface area contributed by atoms with E-state index in [0.29, 0.717) is 22.1 Å². The summed E-state index contributed by atoms with van der Waals surface area (Å²) in [6.45, 7) is 0. The number of hydrogen-bond acceptors (Lipinski definition) is 4. The maximum atomic E-state index is 13.7. The van der Waals surface area contributed by atoms with E-state index >= 15 is 0 Å². The Bertz CT molecular complexity index is 950. The van der Waals surface area contributed by atoms with E-state index in [1.165, 1.54) is 25.4 Å². The lowest BCUT2D eigenvalue weighted by Crippen LogP contribution is -2.13. The lowest BCUT2D eigenvalue weighted by Gasteiger charge is -2.10. The first-order valence-electron chi connectivity index (χ1n) is 7.68. The molecule has 1 amide bonds. The number of rotatable bonds is 5. The molecule has 132 valence electrons. The summed E-state index contributed by atoms with van der Waals surface area (Å²) in [7, 11) is 1.54. The third-order valence-corrected chi connectivity index (χ3v) is 3.86. The molecule has 0 unspecified atom stereocenters. The zero-order chi connectivity index (χ0) is 18.5. The highest BCUT2D eigenvalue weighted by Crippen LogP contribution is 2.28. The molecule has 0 fully saturated rings. The molecule has 0 spiro atoms. The van der Waals surface area contributed by atoms with E-state index in [0.717, 1.165) is 0 Å². The molecular weight excluding hydrogens is 357 g/mol. The third kappa shape index (κ3) is 4.10. The van der Waals surface area contributed by atoms with E-state index in [-0.39, 0.29) is 11.3 Å². The molecule has 7 heteroatoms. The van der Waals surface area contributed by atoms with Crippen molar-refractivity contribution < 1.29 is 13.9 Å². The molecule has 0 atom stereocenters. The van der Waals surface area contributed by atoms with Crippen molar-refractivity contribution in [1.82, 2.24) is 4.98 Å². The van der Waals surface area contributed by atoms with Crippen LogP contribution in [0.2, 0.25) is 5.02 Å². The van der Waals surface area contributed by atoms with Gasteiger partial charge < -0.3 is 15.4 Å². The van der Waals surface area contributed by atoms with Crippen LogP contribution in [0.4, 0.5) is 21.5 Å². The van der Waals surface area contributed by atoms with Crippen LogP contribution in [-0.2, 0) is 0 Å². The van der Waals surface area contributed by atoms with Gasteiger partial charge in [-0.05, 0) is 36.4 Å². The van der Waals surface area contributed by atoms with Gasteiger partial charge in [0, 0.05) is 11.9 Å². The number of anilines is 3. The van der Waals surface area contributed by atoms with Crippen molar-refractivity contribution in [2.24, 2.45) is 0 Å². The highest BCUT2D eigenvalue weighted by molar-refractivity contribution is 6.32. The Labute approximate surface area is 154 Å². The van der Waals surface area contributed by atoms with Crippen molar-refractivity contribution in [2.45, 2.75) is 0 Å². The Morgan fingerprint density at radius 2 is 1.92 bits per heavy atom. The molecule has 5 nitrogen and oxygen atoms in total. The summed E-state index contributed by atoms with van der Waals surface area (Å²) >= 11 is 6.10. The Hall–Kier alpha value is -3.12. The van der Waals surface area contributed by atoms with Crippen molar-refractivity contribution in [3.05, 3.63) is 77.3 Å². The van der Waals surface area contributed by atoms with Gasteiger partial charge in [-0.25, -0.2) is 4.39 Å². The summed E-state index contributed by atoms with van der Waals surface area (Å²) in [5.41, 5.74) is 1.70. The molecule has 0 aliphatic carbocycles. The predicted octanol–water partition coefficient (Wildman–Crippen LogP) is 4.88. The molecule has 0 aliphatic rings. The van der Waals surface area contributed by atoms with Crippen LogP contribution in [0.3, 0.4) is 0 Å². The van der Waals surface area contributed by atoms with Crippen LogP contribution in [0.15, 0.2) is 60.9 Å². The number of ether oxygens (including phenoxy) is 1. The third-order valence-electron chi connectivity index (χ3n) is 3.56. The fraction of sp³-hybridized carbons (Fsp3) is 0.0526. The molecule has 0 saturated carbocycles. The Kier molecular flexibility index (Phi) is 5.34. The number of amides is 1. The second-order valence-corrected chi connectivity index (χ2v) is 5.78. The molecule has 3 rings (SSSR count). The van der Waals surface area contributed by atoms with Crippen LogP contribution in [-0.4, -0.2) is 18.0 Å². The highest BCUT2D eigenvalue weighted by atomic mass is 35.5. The van der Waals surface area contributed by atoms with Crippen LogP contribution in [0.1, 0.15) is 10.4 Å². The van der Waals surface area contributed by atoms with E-state index in [9.17, 15) is 9.18 Å². The Morgan fingerprint density at radius 1 is 1.12 bits per heavy atom. The predicted molar refractivity (Wildman–Crippen MR) is 99.9 cm³/mol. The number of pyridine rings is 1. The summed E-state index contributed by atoms with van der Waals surface area (Å²) in [6.07, 6.45) is 2.97. The fourth-order valence-corrected chi connectivity index (χ4v) is 2.56. The number of benzene rings is 2. The largest absolute Gasteiger partial charge is 0.495 e. The first-order valence-corrected chi connectivity index (χ1v) is 8.06. The van der Waals surface area contributed by atoms with E-state index in [1.54, 1.807) is 42.6 Å². The molecular formula is C19H15ClFN3O2. The first-order chi connectivity index (χ1) is 12.6. The quantitative estimate of drug-likeness (QED) is 0.671. The monoisotopic (exact) mass is 371 g/mol. The minimum Gasteiger partial charge on any atom is -0.495 e. The molecule has 0 radical (unpaired) electrons. The van der Waals surface area contributed by atoms with Gasteiger partial charge in [0.1, 0.15) is 11.6 Å². The van der Waals surface area contributed by atoms with Crippen LogP contribution >= 0.6 is 11.6 Å². The average molecular weight is 372 g/mol. The number of hydrogen-bond donors (Lipinski definition) is 2. The van der Waals surface area contributed by atoms with Crippen molar-refractivity contribution in [1.29, 1.82) is 0 Å². The van der Waals surface area contributed by atoms with Crippen molar-refractivity contribution in [2.75, 3.05) is 17.7 Å². The normalized spacial score (nSPS) is 10.3. The molecule has 0 aliphatic heterocycles. The maximum Gasteiger partial charge on any atom is 0.257 e. The maximum absolute atomic E-state index is 13.7. The Balaban J connectivity index is 1.76. The molecule has 3 aromatic rings. The van der Waals surface area contributed by atoms with Gasteiger partial charge in [0.05, 0.1) is 35.3 Å². The van der Waals surface area contributed by atoms with E-state index in [2.05, 4.69) is 15.6 Å². The minimum absolute atomic E-state index is 0.109. The number of carbonyl (C=O) groups is 1. The van der Waals surface area contributed by atoms with E-state index in [4.69, 9.17) is 16.3 Å². The van der Waals surface area contributed by atoms with Crippen LogP contribution in [0.5, 0.6) is 5.75 Å². The molecule has 0 bridgehead atoms. The van der Waals surface area contributed by atoms with Gasteiger partial charge in [-0.15, -0.1) is 0 Å². The van der Waals surface area contributed by atoms with Gasteiger partial charge in [-0.2, -0.15) is 0 Å². The summed E-state index contributed by atoms with van der Waals surface area (Å²) in [5.74, 6) is -0.400. The second-order valence-electron chi connectivity index (χ2n) is 5.37. The van der Waals surface area contributed by atoms with Crippen LogP contribution in [0, 0.1) is 5.82 Å². The van der Waals surface area contributed by atoms with E-state index < -0.39 is 11.7 Å². The van der Waals surface area contributed by atoms with Gasteiger partial charge in [0.2, 0.25) is 0 Å². The molecule has 1 heterocycles.